The largest absolute Gasteiger partial charge is 0.497 e. The van der Waals surface area contributed by atoms with E-state index in [1.165, 1.54) is 26.4 Å². The average molecular weight is 309 g/mol. The van der Waals surface area contributed by atoms with Crippen LogP contribution in [0, 0.1) is 5.82 Å². The van der Waals surface area contributed by atoms with Crippen LogP contribution in [0.1, 0.15) is 15.9 Å². The highest BCUT2D eigenvalue weighted by Crippen LogP contribution is 2.26. The van der Waals surface area contributed by atoms with Crippen LogP contribution in [0.3, 0.4) is 0 Å². The van der Waals surface area contributed by atoms with Gasteiger partial charge in [0, 0.05) is 11.4 Å². The number of hydrogen-bond acceptors (Lipinski definition) is 3. The third-order valence-electron chi connectivity index (χ3n) is 3.07. The molecule has 5 heteroatoms. The van der Waals surface area contributed by atoms with Crippen molar-refractivity contribution in [3.63, 3.8) is 0 Å². The summed E-state index contributed by atoms with van der Waals surface area (Å²) in [5, 5.41) is 0.294. The molecule has 0 saturated carbocycles. The fourth-order valence-electron chi connectivity index (χ4n) is 1.97. The Bertz CT molecular complexity index is 671. The number of carbonyl (C=O) groups excluding carboxylic acids is 1. The molecule has 0 N–H and O–H groups in total. The molecule has 110 valence electrons. The first-order chi connectivity index (χ1) is 10.0. The Morgan fingerprint density at radius 2 is 1.90 bits per heavy atom. The van der Waals surface area contributed by atoms with Gasteiger partial charge in [-0.15, -0.1) is 0 Å². The summed E-state index contributed by atoms with van der Waals surface area (Å²) >= 11 is 5.70. The Hall–Kier alpha value is -2.07. The average Bonchev–Trinajstić information content (AvgIpc) is 2.49. The first-order valence-electron chi connectivity index (χ1n) is 6.24. The Morgan fingerprint density at radius 1 is 1.14 bits per heavy atom. The van der Waals surface area contributed by atoms with E-state index < -0.39 is 5.82 Å². The summed E-state index contributed by atoms with van der Waals surface area (Å²) in [7, 11) is 2.98. The van der Waals surface area contributed by atoms with Crippen LogP contribution in [-0.4, -0.2) is 20.0 Å². The van der Waals surface area contributed by atoms with E-state index in [2.05, 4.69) is 0 Å². The zero-order chi connectivity index (χ0) is 15.4. The van der Waals surface area contributed by atoms with E-state index in [1.54, 1.807) is 24.3 Å². The van der Waals surface area contributed by atoms with E-state index in [1.807, 2.05) is 0 Å². The van der Waals surface area contributed by atoms with Crippen LogP contribution < -0.4 is 9.47 Å². The fraction of sp³-hybridized carbons (Fsp3) is 0.188. The molecule has 0 aromatic heterocycles. The molecule has 3 nitrogen and oxygen atoms in total. The van der Waals surface area contributed by atoms with Gasteiger partial charge in [0.1, 0.15) is 17.3 Å². The van der Waals surface area contributed by atoms with Gasteiger partial charge in [-0.25, -0.2) is 4.39 Å². The van der Waals surface area contributed by atoms with Crippen LogP contribution in [0.2, 0.25) is 5.02 Å². The van der Waals surface area contributed by atoms with E-state index in [0.717, 1.165) is 0 Å². The van der Waals surface area contributed by atoms with Gasteiger partial charge in [0.25, 0.3) is 0 Å². The predicted molar refractivity (Wildman–Crippen MR) is 79.0 cm³/mol. The maximum Gasteiger partial charge on any atom is 0.171 e. The molecule has 2 rings (SSSR count). The topological polar surface area (TPSA) is 35.5 Å². The predicted octanol–water partition coefficient (Wildman–Crippen LogP) is 3.92. The van der Waals surface area contributed by atoms with Crippen molar-refractivity contribution in [3.8, 4) is 11.5 Å². The Morgan fingerprint density at radius 3 is 2.52 bits per heavy atom. The van der Waals surface area contributed by atoms with E-state index >= 15 is 0 Å². The molecule has 0 aliphatic carbocycles. The molecule has 0 fully saturated rings. The second-order valence-electron chi connectivity index (χ2n) is 4.40. The van der Waals surface area contributed by atoms with Gasteiger partial charge in [-0.2, -0.15) is 0 Å². The number of benzene rings is 2. The van der Waals surface area contributed by atoms with Gasteiger partial charge in [0.2, 0.25) is 0 Å². The molecule has 0 bridgehead atoms. The minimum absolute atomic E-state index is 0.0769. The first-order valence-corrected chi connectivity index (χ1v) is 6.62. The highest BCUT2D eigenvalue weighted by Gasteiger charge is 2.16. The molecular weight excluding hydrogens is 295 g/mol. The third kappa shape index (κ3) is 3.52. The summed E-state index contributed by atoms with van der Waals surface area (Å²) in [6.45, 7) is 0. The zero-order valence-electron chi connectivity index (χ0n) is 11.7. The van der Waals surface area contributed by atoms with Gasteiger partial charge < -0.3 is 9.47 Å². The standard InChI is InChI=1S/C16H14ClFO3/c1-20-12-5-6-16(21-2)13(9-12)15(19)7-10-3-4-11(17)8-14(10)18/h3-6,8-9H,7H2,1-2H3. The lowest BCUT2D eigenvalue weighted by Gasteiger charge is -2.10. The fourth-order valence-corrected chi connectivity index (χ4v) is 2.12. The van der Waals surface area contributed by atoms with Gasteiger partial charge in [-0.1, -0.05) is 17.7 Å². The molecule has 0 atom stereocenters. The van der Waals surface area contributed by atoms with Crippen molar-refractivity contribution in [1.82, 2.24) is 0 Å². The second kappa shape index (κ2) is 6.59. The Labute approximate surface area is 127 Å². The molecule has 0 heterocycles. The maximum atomic E-state index is 13.8. The molecule has 0 amide bonds. The smallest absolute Gasteiger partial charge is 0.171 e. The van der Waals surface area contributed by atoms with E-state index in [0.29, 0.717) is 22.1 Å². The normalized spacial score (nSPS) is 10.3. The van der Waals surface area contributed by atoms with Gasteiger partial charge in [0.15, 0.2) is 5.78 Å². The molecule has 0 saturated heterocycles. The highest BCUT2D eigenvalue weighted by molar-refractivity contribution is 6.30. The minimum Gasteiger partial charge on any atom is -0.497 e. The molecular formula is C16H14ClFO3. The van der Waals surface area contributed by atoms with Crippen molar-refractivity contribution in [3.05, 3.63) is 58.4 Å². The number of hydrogen-bond donors (Lipinski definition) is 0. The van der Waals surface area contributed by atoms with Crippen LogP contribution in [-0.2, 0) is 6.42 Å². The van der Waals surface area contributed by atoms with Crippen LogP contribution in [0.15, 0.2) is 36.4 Å². The van der Waals surface area contributed by atoms with Crippen molar-refractivity contribution < 1.29 is 18.7 Å². The molecule has 0 radical (unpaired) electrons. The van der Waals surface area contributed by atoms with Gasteiger partial charge >= 0.3 is 0 Å². The summed E-state index contributed by atoms with van der Waals surface area (Å²) in [4.78, 5) is 12.4. The van der Waals surface area contributed by atoms with Crippen LogP contribution in [0.4, 0.5) is 4.39 Å². The van der Waals surface area contributed by atoms with Crippen molar-refractivity contribution in [2.75, 3.05) is 14.2 Å². The van der Waals surface area contributed by atoms with E-state index in [9.17, 15) is 9.18 Å². The summed E-state index contributed by atoms with van der Waals surface area (Å²) < 4.78 is 24.0. The monoisotopic (exact) mass is 308 g/mol. The van der Waals surface area contributed by atoms with Gasteiger partial charge in [0.05, 0.1) is 19.8 Å². The Balaban J connectivity index is 2.31. The number of ketones is 1. The summed E-state index contributed by atoms with van der Waals surface area (Å²) in [5.74, 6) is 0.204. The molecule has 0 unspecified atom stereocenters. The Kier molecular flexibility index (Phi) is 4.81. The summed E-state index contributed by atoms with van der Waals surface area (Å²) in [5.41, 5.74) is 0.639. The lowest BCUT2D eigenvalue weighted by molar-refractivity contribution is 0.0988. The molecule has 21 heavy (non-hydrogen) atoms. The minimum atomic E-state index is -0.502. The van der Waals surface area contributed by atoms with Crippen LogP contribution >= 0.6 is 11.6 Å². The van der Waals surface area contributed by atoms with Crippen molar-refractivity contribution >= 4 is 17.4 Å². The number of Topliss-reactive ketones (excluding diaryl/α,β-unsaturated/α-hetero) is 1. The molecule has 0 spiro atoms. The SMILES string of the molecule is COc1ccc(OC)c(C(=O)Cc2ccc(Cl)cc2F)c1. The quantitative estimate of drug-likeness (QED) is 0.785. The van der Waals surface area contributed by atoms with Crippen molar-refractivity contribution in [1.29, 1.82) is 0 Å². The number of halogens is 2. The lowest BCUT2D eigenvalue weighted by Crippen LogP contribution is -2.07. The third-order valence-corrected chi connectivity index (χ3v) is 3.31. The van der Waals surface area contributed by atoms with Crippen LogP contribution in [0.5, 0.6) is 11.5 Å². The molecule has 0 aliphatic heterocycles. The molecule has 2 aromatic carbocycles. The zero-order valence-corrected chi connectivity index (χ0v) is 12.4. The summed E-state index contributed by atoms with van der Waals surface area (Å²) in [6.07, 6.45) is -0.0769. The van der Waals surface area contributed by atoms with Crippen LogP contribution in [0.25, 0.3) is 0 Å². The highest BCUT2D eigenvalue weighted by atomic mass is 35.5. The number of methoxy groups -OCH3 is 2. The maximum absolute atomic E-state index is 13.8. The van der Waals surface area contributed by atoms with Crippen molar-refractivity contribution in [2.24, 2.45) is 0 Å². The second-order valence-corrected chi connectivity index (χ2v) is 4.84. The number of ether oxygens (including phenoxy) is 2. The molecule has 0 aliphatic rings. The summed E-state index contributed by atoms with van der Waals surface area (Å²) in [6, 6.07) is 9.16. The van der Waals surface area contributed by atoms with E-state index in [-0.39, 0.29) is 17.8 Å². The molecule has 2 aromatic rings. The number of carbonyl (C=O) groups is 1. The van der Waals surface area contributed by atoms with Crippen molar-refractivity contribution in [2.45, 2.75) is 6.42 Å². The lowest BCUT2D eigenvalue weighted by atomic mass is 10.0. The van der Waals surface area contributed by atoms with E-state index in [4.69, 9.17) is 21.1 Å². The van der Waals surface area contributed by atoms with Gasteiger partial charge in [-0.3, -0.25) is 4.79 Å². The first kappa shape index (κ1) is 15.3. The number of rotatable bonds is 5. The van der Waals surface area contributed by atoms with Gasteiger partial charge in [-0.05, 0) is 35.9 Å².